The zero-order valence-corrected chi connectivity index (χ0v) is 9.69. The standard InChI is InChI=1S/C9H7F4NO3S/c1-17-6(15)5-4(2-3-18-5)14-8(16)9(12,13)7(10)11/h2-3,7H,1H3,(H,14,16). The summed E-state index contributed by atoms with van der Waals surface area (Å²) in [5, 5.41) is 2.89. The highest BCUT2D eigenvalue weighted by atomic mass is 32.1. The number of ether oxygens (including phenoxy) is 1. The van der Waals surface area contributed by atoms with Crippen LogP contribution in [0, 0.1) is 0 Å². The highest BCUT2D eigenvalue weighted by molar-refractivity contribution is 7.12. The minimum atomic E-state index is -4.82. The molecule has 0 bridgehead atoms. The van der Waals surface area contributed by atoms with Gasteiger partial charge < -0.3 is 10.1 Å². The summed E-state index contributed by atoms with van der Waals surface area (Å²) >= 11 is 0.822. The van der Waals surface area contributed by atoms with E-state index in [9.17, 15) is 27.2 Å². The molecule has 0 aliphatic carbocycles. The Kier molecular flexibility index (Phi) is 4.28. The Balaban J connectivity index is 2.90. The summed E-state index contributed by atoms with van der Waals surface area (Å²) in [6, 6.07) is 1.14. The number of thiophene rings is 1. The Morgan fingerprint density at radius 3 is 2.56 bits per heavy atom. The van der Waals surface area contributed by atoms with Crippen molar-refractivity contribution in [2.75, 3.05) is 12.4 Å². The lowest BCUT2D eigenvalue weighted by atomic mass is 10.3. The van der Waals surface area contributed by atoms with Gasteiger partial charge in [-0.15, -0.1) is 11.3 Å². The Hall–Kier alpha value is -1.64. The van der Waals surface area contributed by atoms with Gasteiger partial charge in [-0.3, -0.25) is 4.79 Å². The van der Waals surface area contributed by atoms with Gasteiger partial charge in [-0.1, -0.05) is 0 Å². The molecule has 0 unspecified atom stereocenters. The van der Waals surface area contributed by atoms with Crippen molar-refractivity contribution < 1.29 is 31.9 Å². The molecule has 0 saturated carbocycles. The second-order valence-corrected chi connectivity index (χ2v) is 3.95. The van der Waals surface area contributed by atoms with Crippen LogP contribution in [-0.4, -0.2) is 31.3 Å². The average Bonchev–Trinajstić information content (AvgIpc) is 2.75. The molecule has 0 aliphatic rings. The van der Waals surface area contributed by atoms with E-state index in [-0.39, 0.29) is 10.6 Å². The van der Waals surface area contributed by atoms with E-state index in [4.69, 9.17) is 0 Å². The van der Waals surface area contributed by atoms with Gasteiger partial charge in [-0.05, 0) is 11.4 Å². The fourth-order valence-corrected chi connectivity index (χ4v) is 1.73. The maximum absolute atomic E-state index is 12.7. The van der Waals surface area contributed by atoms with Gasteiger partial charge in [0.1, 0.15) is 4.88 Å². The predicted molar refractivity (Wildman–Crippen MR) is 55.2 cm³/mol. The monoisotopic (exact) mass is 285 g/mol. The van der Waals surface area contributed by atoms with Gasteiger partial charge >= 0.3 is 24.2 Å². The molecule has 4 nitrogen and oxygen atoms in total. The van der Waals surface area contributed by atoms with Crippen molar-refractivity contribution in [1.82, 2.24) is 0 Å². The van der Waals surface area contributed by atoms with Crippen molar-refractivity contribution in [1.29, 1.82) is 0 Å². The molecule has 1 aromatic rings. The van der Waals surface area contributed by atoms with Crippen molar-refractivity contribution in [2.24, 2.45) is 0 Å². The number of hydrogen-bond acceptors (Lipinski definition) is 4. The molecule has 0 saturated heterocycles. The number of carbonyl (C=O) groups excluding carboxylic acids is 2. The Bertz CT molecular complexity index is 460. The quantitative estimate of drug-likeness (QED) is 0.682. The van der Waals surface area contributed by atoms with Crippen LogP contribution in [0.2, 0.25) is 0 Å². The summed E-state index contributed by atoms with van der Waals surface area (Å²) in [6.07, 6.45) is -4.13. The summed E-state index contributed by atoms with van der Waals surface area (Å²) < 4.78 is 53.5. The number of anilines is 1. The van der Waals surface area contributed by atoms with Crippen LogP contribution in [0.4, 0.5) is 23.2 Å². The van der Waals surface area contributed by atoms with E-state index in [0.29, 0.717) is 0 Å². The van der Waals surface area contributed by atoms with Gasteiger partial charge in [0.25, 0.3) is 0 Å². The van der Waals surface area contributed by atoms with E-state index >= 15 is 0 Å². The number of carbonyl (C=O) groups is 2. The minimum absolute atomic E-state index is 0.157. The van der Waals surface area contributed by atoms with Crippen LogP contribution in [-0.2, 0) is 9.53 Å². The van der Waals surface area contributed by atoms with Crippen molar-refractivity contribution >= 4 is 28.9 Å². The molecule has 1 N–H and O–H groups in total. The van der Waals surface area contributed by atoms with Gasteiger partial charge in [-0.25, -0.2) is 13.6 Å². The third-order valence-electron chi connectivity index (χ3n) is 1.86. The molecule has 0 atom stereocenters. The van der Waals surface area contributed by atoms with Gasteiger partial charge in [0.05, 0.1) is 12.8 Å². The number of rotatable bonds is 4. The number of amides is 1. The van der Waals surface area contributed by atoms with Gasteiger partial charge in [-0.2, -0.15) is 8.78 Å². The molecule has 0 spiro atoms. The number of nitrogens with one attached hydrogen (secondary N) is 1. The molecule has 100 valence electrons. The predicted octanol–water partition coefficient (Wildman–Crippen LogP) is 2.37. The van der Waals surface area contributed by atoms with E-state index < -0.39 is 24.2 Å². The summed E-state index contributed by atoms with van der Waals surface area (Å²) in [6.45, 7) is 0. The Labute approximate surface area is 103 Å². The van der Waals surface area contributed by atoms with E-state index in [1.165, 1.54) is 5.38 Å². The lowest BCUT2D eigenvalue weighted by molar-refractivity contribution is -0.163. The number of alkyl halides is 4. The van der Waals surface area contributed by atoms with Crippen LogP contribution in [0.15, 0.2) is 11.4 Å². The lowest BCUT2D eigenvalue weighted by Crippen LogP contribution is -2.41. The Morgan fingerprint density at radius 1 is 1.44 bits per heavy atom. The zero-order chi connectivity index (χ0) is 13.9. The third kappa shape index (κ3) is 2.78. The van der Waals surface area contributed by atoms with Crippen molar-refractivity contribution in [2.45, 2.75) is 12.3 Å². The average molecular weight is 285 g/mol. The fourth-order valence-electron chi connectivity index (χ4n) is 0.963. The summed E-state index contributed by atoms with van der Waals surface area (Å²) in [7, 11) is 1.06. The van der Waals surface area contributed by atoms with Gasteiger partial charge in [0, 0.05) is 0 Å². The normalized spacial score (nSPS) is 11.4. The number of halogens is 4. The maximum atomic E-state index is 12.7. The molecule has 1 rings (SSSR count). The molecular weight excluding hydrogens is 278 g/mol. The third-order valence-corrected chi connectivity index (χ3v) is 2.76. The first kappa shape index (κ1) is 14.4. The second-order valence-electron chi connectivity index (χ2n) is 3.03. The van der Waals surface area contributed by atoms with Crippen LogP contribution in [0.1, 0.15) is 9.67 Å². The zero-order valence-electron chi connectivity index (χ0n) is 8.88. The maximum Gasteiger partial charge on any atom is 0.383 e. The first-order valence-electron chi connectivity index (χ1n) is 4.44. The van der Waals surface area contributed by atoms with E-state index in [1.54, 1.807) is 5.32 Å². The molecule has 0 aromatic carbocycles. The largest absolute Gasteiger partial charge is 0.465 e. The first-order chi connectivity index (χ1) is 8.30. The van der Waals surface area contributed by atoms with Crippen molar-refractivity contribution in [3.63, 3.8) is 0 Å². The molecule has 18 heavy (non-hydrogen) atoms. The summed E-state index contributed by atoms with van der Waals surface area (Å²) in [5.41, 5.74) is -0.294. The minimum Gasteiger partial charge on any atom is -0.465 e. The van der Waals surface area contributed by atoms with Crippen molar-refractivity contribution in [3.05, 3.63) is 16.3 Å². The summed E-state index contributed by atoms with van der Waals surface area (Å²) in [5.74, 6) is -7.86. The lowest BCUT2D eigenvalue weighted by Gasteiger charge is -2.14. The number of hydrogen-bond donors (Lipinski definition) is 1. The highest BCUT2D eigenvalue weighted by Crippen LogP contribution is 2.28. The molecular formula is C9H7F4NO3S. The molecule has 1 heterocycles. The van der Waals surface area contributed by atoms with E-state index in [1.807, 2.05) is 0 Å². The first-order valence-corrected chi connectivity index (χ1v) is 5.32. The van der Waals surface area contributed by atoms with Crippen LogP contribution < -0.4 is 5.32 Å². The molecule has 0 aliphatic heterocycles. The van der Waals surface area contributed by atoms with Crippen LogP contribution in [0.3, 0.4) is 0 Å². The van der Waals surface area contributed by atoms with E-state index in [0.717, 1.165) is 24.5 Å². The van der Waals surface area contributed by atoms with Gasteiger partial charge in [0.2, 0.25) is 0 Å². The van der Waals surface area contributed by atoms with E-state index in [2.05, 4.69) is 4.74 Å². The van der Waals surface area contributed by atoms with Gasteiger partial charge in [0.15, 0.2) is 0 Å². The van der Waals surface area contributed by atoms with Crippen LogP contribution in [0.25, 0.3) is 0 Å². The molecule has 0 radical (unpaired) electrons. The van der Waals surface area contributed by atoms with Crippen LogP contribution in [0.5, 0.6) is 0 Å². The molecule has 0 fully saturated rings. The van der Waals surface area contributed by atoms with Crippen molar-refractivity contribution in [3.8, 4) is 0 Å². The molecule has 9 heteroatoms. The second kappa shape index (κ2) is 5.34. The topological polar surface area (TPSA) is 55.4 Å². The smallest absolute Gasteiger partial charge is 0.383 e. The SMILES string of the molecule is COC(=O)c1sccc1NC(=O)C(F)(F)C(F)F. The summed E-state index contributed by atoms with van der Waals surface area (Å²) in [4.78, 5) is 22.0. The Morgan fingerprint density at radius 2 is 2.06 bits per heavy atom. The fraction of sp³-hybridized carbons (Fsp3) is 0.333. The molecule has 1 aromatic heterocycles. The van der Waals surface area contributed by atoms with Crippen LogP contribution >= 0.6 is 11.3 Å². The number of methoxy groups -OCH3 is 1. The molecule has 1 amide bonds. The highest BCUT2D eigenvalue weighted by Gasteiger charge is 2.49. The number of esters is 1.